The van der Waals surface area contributed by atoms with E-state index in [9.17, 15) is 0 Å². The largest absolute Gasteiger partial charge is 0.490 e. The fraction of sp³-hybridized carbons (Fsp3) is 0.200. The molecule has 1 aromatic heterocycles. The lowest BCUT2D eigenvalue weighted by Crippen LogP contribution is -1.92. The number of allylic oxidation sites excluding steroid dienone is 1. The van der Waals surface area contributed by atoms with Crippen LogP contribution in [-0.4, -0.2) is 6.61 Å². The monoisotopic (exact) mass is 244 g/mol. The second kappa shape index (κ2) is 5.69. The van der Waals surface area contributed by atoms with Gasteiger partial charge in [0.1, 0.15) is 12.4 Å². The molecule has 88 valence electrons. The average molecular weight is 244 g/mol. The van der Waals surface area contributed by atoms with Crippen LogP contribution in [0.2, 0.25) is 0 Å². The maximum atomic E-state index is 5.56. The van der Waals surface area contributed by atoms with Crippen molar-refractivity contribution in [3.05, 3.63) is 53.4 Å². The first kappa shape index (κ1) is 11.9. The smallest absolute Gasteiger partial charge is 0.119 e. The Kier molecular flexibility index (Phi) is 3.99. The summed E-state index contributed by atoms with van der Waals surface area (Å²) in [6.45, 7) is 4.75. The van der Waals surface area contributed by atoms with Gasteiger partial charge in [-0.25, -0.2) is 0 Å². The van der Waals surface area contributed by atoms with Crippen LogP contribution in [0.15, 0.2) is 48.6 Å². The maximum Gasteiger partial charge on any atom is 0.119 e. The van der Waals surface area contributed by atoms with Crippen LogP contribution in [0.4, 0.5) is 0 Å². The number of ether oxygens (including phenoxy) is 1. The minimum Gasteiger partial charge on any atom is -0.490 e. The lowest BCUT2D eigenvalue weighted by atomic mass is 10.2. The second-order valence-corrected chi connectivity index (χ2v) is 5.10. The minimum atomic E-state index is 0.633. The summed E-state index contributed by atoms with van der Waals surface area (Å²) in [5, 5.41) is 0. The second-order valence-electron chi connectivity index (χ2n) is 3.81. The Morgan fingerprint density at radius 1 is 1.12 bits per heavy atom. The topological polar surface area (TPSA) is 9.23 Å². The Hall–Kier alpha value is -1.54. The summed E-state index contributed by atoms with van der Waals surface area (Å²) in [6.07, 6.45) is 3.99. The van der Waals surface area contributed by atoms with Crippen molar-refractivity contribution in [3.8, 4) is 16.2 Å². The number of thiophene rings is 1. The van der Waals surface area contributed by atoms with Crippen LogP contribution in [0.3, 0.4) is 0 Å². The summed E-state index contributed by atoms with van der Waals surface area (Å²) < 4.78 is 5.56. The fourth-order valence-electron chi connectivity index (χ4n) is 1.55. The molecular weight excluding hydrogens is 228 g/mol. The Labute approximate surface area is 106 Å². The van der Waals surface area contributed by atoms with Crippen LogP contribution >= 0.6 is 11.3 Å². The highest BCUT2D eigenvalue weighted by Gasteiger charge is 2.00. The van der Waals surface area contributed by atoms with Gasteiger partial charge in [-0.15, -0.1) is 11.3 Å². The molecule has 2 rings (SSSR count). The standard InChI is InChI=1S/C15H16OS/c1-3-4-11-16-14-8-6-13(7-9-14)15-10-5-12(2)17-15/h3-10H,11H2,1-2H3/b4-3+. The first-order chi connectivity index (χ1) is 8.29. The number of hydrogen-bond donors (Lipinski definition) is 0. The van der Waals surface area contributed by atoms with Gasteiger partial charge in [0.25, 0.3) is 0 Å². The Morgan fingerprint density at radius 2 is 1.88 bits per heavy atom. The Bertz CT molecular complexity index is 494. The first-order valence-corrected chi connectivity index (χ1v) is 6.52. The van der Waals surface area contributed by atoms with Crippen LogP contribution in [0.25, 0.3) is 10.4 Å². The molecule has 2 heteroatoms. The molecule has 0 bridgehead atoms. The van der Waals surface area contributed by atoms with Crippen molar-refractivity contribution in [2.24, 2.45) is 0 Å². The lowest BCUT2D eigenvalue weighted by Gasteiger charge is -2.03. The van der Waals surface area contributed by atoms with E-state index >= 15 is 0 Å². The molecule has 2 aromatic rings. The van der Waals surface area contributed by atoms with Gasteiger partial charge in [-0.05, 0) is 55.8 Å². The van der Waals surface area contributed by atoms with Crippen LogP contribution in [0, 0.1) is 6.92 Å². The molecule has 0 saturated heterocycles. The van der Waals surface area contributed by atoms with E-state index in [0.717, 1.165) is 5.75 Å². The maximum absolute atomic E-state index is 5.56. The third kappa shape index (κ3) is 3.21. The molecule has 0 radical (unpaired) electrons. The van der Waals surface area contributed by atoms with Crippen molar-refractivity contribution in [1.29, 1.82) is 0 Å². The molecule has 0 fully saturated rings. The zero-order valence-corrected chi connectivity index (χ0v) is 11.0. The highest BCUT2D eigenvalue weighted by molar-refractivity contribution is 7.15. The quantitative estimate of drug-likeness (QED) is 0.710. The summed E-state index contributed by atoms with van der Waals surface area (Å²) >= 11 is 1.82. The summed E-state index contributed by atoms with van der Waals surface area (Å²) in [7, 11) is 0. The molecule has 0 aliphatic rings. The van der Waals surface area contributed by atoms with Gasteiger partial charge in [0.05, 0.1) is 0 Å². The third-order valence-corrected chi connectivity index (χ3v) is 3.51. The molecule has 0 spiro atoms. The van der Waals surface area contributed by atoms with Crippen molar-refractivity contribution >= 4 is 11.3 Å². The predicted octanol–water partition coefficient (Wildman–Crippen LogP) is 4.68. The fourth-order valence-corrected chi connectivity index (χ4v) is 2.42. The summed E-state index contributed by atoms with van der Waals surface area (Å²) in [5.74, 6) is 0.917. The number of rotatable bonds is 4. The summed E-state index contributed by atoms with van der Waals surface area (Å²) in [6, 6.07) is 12.6. The van der Waals surface area contributed by atoms with Crippen molar-refractivity contribution in [3.63, 3.8) is 0 Å². The molecule has 0 N–H and O–H groups in total. The van der Waals surface area contributed by atoms with Gasteiger partial charge in [0, 0.05) is 9.75 Å². The van der Waals surface area contributed by atoms with Gasteiger partial charge in [-0.1, -0.05) is 12.2 Å². The number of hydrogen-bond acceptors (Lipinski definition) is 2. The average Bonchev–Trinajstić information content (AvgIpc) is 2.77. The van der Waals surface area contributed by atoms with Crippen molar-refractivity contribution in [2.45, 2.75) is 13.8 Å². The van der Waals surface area contributed by atoms with E-state index < -0.39 is 0 Å². The normalized spacial score (nSPS) is 10.9. The lowest BCUT2D eigenvalue weighted by molar-refractivity contribution is 0.363. The molecule has 1 heterocycles. The summed E-state index contributed by atoms with van der Waals surface area (Å²) in [4.78, 5) is 2.65. The van der Waals surface area contributed by atoms with E-state index in [1.165, 1.54) is 15.3 Å². The minimum absolute atomic E-state index is 0.633. The molecule has 1 nitrogen and oxygen atoms in total. The molecule has 0 aliphatic heterocycles. The Morgan fingerprint density at radius 3 is 2.47 bits per heavy atom. The molecule has 17 heavy (non-hydrogen) atoms. The molecule has 0 atom stereocenters. The third-order valence-electron chi connectivity index (χ3n) is 2.46. The molecule has 0 saturated carbocycles. The molecule has 1 aromatic carbocycles. The van der Waals surface area contributed by atoms with Gasteiger partial charge >= 0.3 is 0 Å². The van der Waals surface area contributed by atoms with Gasteiger partial charge in [-0.2, -0.15) is 0 Å². The van der Waals surface area contributed by atoms with Crippen molar-refractivity contribution in [2.75, 3.05) is 6.61 Å². The zero-order valence-electron chi connectivity index (χ0n) is 10.1. The molecule has 0 amide bonds. The van der Waals surface area contributed by atoms with E-state index in [1.54, 1.807) is 0 Å². The van der Waals surface area contributed by atoms with Gasteiger partial charge in [0.2, 0.25) is 0 Å². The van der Waals surface area contributed by atoms with Gasteiger partial charge < -0.3 is 4.74 Å². The Balaban J connectivity index is 2.07. The van der Waals surface area contributed by atoms with E-state index in [0.29, 0.717) is 6.61 Å². The molecule has 0 unspecified atom stereocenters. The predicted molar refractivity (Wildman–Crippen MR) is 74.8 cm³/mol. The van der Waals surface area contributed by atoms with Crippen LogP contribution in [-0.2, 0) is 0 Å². The van der Waals surface area contributed by atoms with Crippen molar-refractivity contribution < 1.29 is 4.74 Å². The van der Waals surface area contributed by atoms with E-state index in [2.05, 4.69) is 31.2 Å². The van der Waals surface area contributed by atoms with E-state index in [1.807, 2.05) is 42.5 Å². The molecule has 0 aliphatic carbocycles. The van der Waals surface area contributed by atoms with Crippen LogP contribution < -0.4 is 4.74 Å². The van der Waals surface area contributed by atoms with Crippen LogP contribution in [0.1, 0.15) is 11.8 Å². The van der Waals surface area contributed by atoms with Crippen molar-refractivity contribution in [1.82, 2.24) is 0 Å². The van der Waals surface area contributed by atoms with E-state index in [4.69, 9.17) is 4.74 Å². The number of benzene rings is 1. The van der Waals surface area contributed by atoms with Gasteiger partial charge in [-0.3, -0.25) is 0 Å². The summed E-state index contributed by atoms with van der Waals surface area (Å²) in [5.41, 5.74) is 1.25. The van der Waals surface area contributed by atoms with E-state index in [-0.39, 0.29) is 0 Å². The zero-order chi connectivity index (χ0) is 12.1. The number of aryl methyl sites for hydroxylation is 1. The highest BCUT2D eigenvalue weighted by atomic mass is 32.1. The van der Waals surface area contributed by atoms with Crippen LogP contribution in [0.5, 0.6) is 5.75 Å². The SMILES string of the molecule is C/C=C/COc1ccc(-c2ccc(C)s2)cc1. The highest BCUT2D eigenvalue weighted by Crippen LogP contribution is 2.28. The van der Waals surface area contributed by atoms with Gasteiger partial charge in [0.15, 0.2) is 0 Å². The first-order valence-electron chi connectivity index (χ1n) is 5.70. The molecular formula is C15H16OS.